The molecule has 2 aromatic heterocycles. The first-order valence-corrected chi connectivity index (χ1v) is 9.99. The average Bonchev–Trinajstić information content (AvgIpc) is 3.05. The molecular weight excluding hydrogens is 356 g/mol. The quantitative estimate of drug-likeness (QED) is 0.632. The lowest BCUT2D eigenvalue weighted by Gasteiger charge is -2.21. The molecule has 0 aromatic carbocycles. The molecule has 3 amide bonds. The number of aryl methyl sites for hydroxylation is 2. The zero-order chi connectivity index (χ0) is 18.2. The van der Waals surface area contributed by atoms with Gasteiger partial charge in [0, 0.05) is 15.8 Å². The van der Waals surface area contributed by atoms with Crippen LogP contribution in [0.3, 0.4) is 0 Å². The summed E-state index contributed by atoms with van der Waals surface area (Å²) in [7, 11) is 0. The highest BCUT2D eigenvalue weighted by Crippen LogP contribution is 2.40. The number of nitrogens with one attached hydrogen (secondary N) is 2. The Morgan fingerprint density at radius 3 is 2.76 bits per heavy atom. The van der Waals surface area contributed by atoms with Gasteiger partial charge in [0.1, 0.15) is 16.2 Å². The molecule has 0 bridgehead atoms. The Hall–Kier alpha value is -1.67. The number of carbonyl (C=O) groups is 2. The largest absolute Gasteiger partial charge is 0.333 e. The number of imide groups is 1. The minimum absolute atomic E-state index is 0.328. The molecule has 25 heavy (non-hydrogen) atoms. The molecule has 1 aliphatic carbocycles. The van der Waals surface area contributed by atoms with Gasteiger partial charge in [-0.3, -0.25) is 10.1 Å². The van der Waals surface area contributed by atoms with Crippen LogP contribution in [0.2, 0.25) is 0 Å². The molecule has 3 rings (SSSR count). The number of carbonyl (C=O) groups excluding carboxylic acids is 2. The first-order valence-electron chi connectivity index (χ1n) is 8.29. The fraction of sp³-hybridized carbons (Fsp3) is 0.529. The van der Waals surface area contributed by atoms with Crippen LogP contribution >= 0.6 is 23.1 Å². The van der Waals surface area contributed by atoms with Gasteiger partial charge in [-0.2, -0.15) is 0 Å². The molecule has 6 nitrogen and oxygen atoms in total. The van der Waals surface area contributed by atoms with Crippen LogP contribution in [0.1, 0.15) is 44.6 Å². The van der Waals surface area contributed by atoms with Crippen LogP contribution in [0.25, 0.3) is 10.2 Å². The van der Waals surface area contributed by atoms with Gasteiger partial charge >= 0.3 is 6.03 Å². The Kier molecular flexibility index (Phi) is 5.02. The van der Waals surface area contributed by atoms with Crippen LogP contribution in [0.15, 0.2) is 11.4 Å². The van der Waals surface area contributed by atoms with Gasteiger partial charge in [-0.25, -0.2) is 14.8 Å². The fourth-order valence-corrected chi connectivity index (χ4v) is 5.04. The highest BCUT2D eigenvalue weighted by atomic mass is 32.2. The third kappa shape index (κ3) is 4.12. The summed E-state index contributed by atoms with van der Waals surface area (Å²) in [5.41, 5.74) is 0.942. The van der Waals surface area contributed by atoms with Crippen LogP contribution in [-0.2, 0) is 17.6 Å². The fourth-order valence-electron chi connectivity index (χ4n) is 2.80. The van der Waals surface area contributed by atoms with E-state index in [1.54, 1.807) is 24.6 Å². The normalized spacial score (nSPS) is 15.0. The van der Waals surface area contributed by atoms with Crippen molar-refractivity contribution in [3.8, 4) is 0 Å². The van der Waals surface area contributed by atoms with E-state index in [0.29, 0.717) is 0 Å². The molecule has 8 heteroatoms. The molecule has 0 unspecified atom stereocenters. The summed E-state index contributed by atoms with van der Waals surface area (Å²) >= 11 is 3.10. The second kappa shape index (κ2) is 6.92. The zero-order valence-corrected chi connectivity index (χ0v) is 16.4. The van der Waals surface area contributed by atoms with Crippen LogP contribution in [-0.4, -0.2) is 32.7 Å². The maximum Gasteiger partial charge on any atom is 0.321 e. The van der Waals surface area contributed by atoms with Gasteiger partial charge in [-0.15, -0.1) is 11.3 Å². The summed E-state index contributed by atoms with van der Waals surface area (Å²) in [6.07, 6.45) is 4.86. The molecule has 1 atom stereocenters. The zero-order valence-electron chi connectivity index (χ0n) is 14.8. The smallest absolute Gasteiger partial charge is 0.321 e. The number of hydrogen-bond donors (Lipinski definition) is 2. The van der Waals surface area contributed by atoms with E-state index >= 15 is 0 Å². The van der Waals surface area contributed by atoms with Crippen molar-refractivity contribution in [2.24, 2.45) is 0 Å². The van der Waals surface area contributed by atoms with Gasteiger partial charge in [-0.1, -0.05) is 11.8 Å². The monoisotopic (exact) mass is 378 g/mol. The van der Waals surface area contributed by atoms with Crippen molar-refractivity contribution in [1.82, 2.24) is 20.6 Å². The van der Waals surface area contributed by atoms with E-state index in [1.165, 1.54) is 28.6 Å². The molecule has 0 fully saturated rings. The summed E-state index contributed by atoms with van der Waals surface area (Å²) in [5.74, 6) is -0.328. The summed E-state index contributed by atoms with van der Waals surface area (Å²) in [6.45, 7) is 7.38. The number of urea groups is 1. The Balaban J connectivity index is 1.73. The molecule has 2 N–H and O–H groups in total. The Bertz CT molecular complexity index is 826. The van der Waals surface area contributed by atoms with Crippen molar-refractivity contribution in [2.45, 2.75) is 62.8 Å². The number of nitrogens with zero attached hydrogens (tertiary/aromatic N) is 2. The predicted octanol–water partition coefficient (Wildman–Crippen LogP) is 3.28. The van der Waals surface area contributed by atoms with Crippen molar-refractivity contribution in [2.75, 3.05) is 0 Å². The second-order valence-electron chi connectivity index (χ2n) is 7.17. The molecular formula is C17H22N4O2S2. The van der Waals surface area contributed by atoms with E-state index < -0.39 is 16.8 Å². The number of thiophene rings is 1. The molecule has 0 spiro atoms. The van der Waals surface area contributed by atoms with Gasteiger partial charge < -0.3 is 5.32 Å². The van der Waals surface area contributed by atoms with E-state index in [1.807, 2.05) is 20.8 Å². The summed E-state index contributed by atoms with van der Waals surface area (Å²) in [5, 5.41) is 6.60. The molecule has 2 aromatic rings. The Morgan fingerprint density at radius 1 is 1.28 bits per heavy atom. The number of thioether (sulfide) groups is 1. The highest BCUT2D eigenvalue weighted by Gasteiger charge is 2.25. The molecule has 0 radical (unpaired) electrons. The number of hydrogen-bond acceptors (Lipinski definition) is 6. The molecule has 0 saturated heterocycles. The van der Waals surface area contributed by atoms with Crippen LogP contribution in [0, 0.1) is 0 Å². The molecule has 0 aliphatic heterocycles. The van der Waals surface area contributed by atoms with Crippen LogP contribution < -0.4 is 10.6 Å². The molecule has 2 heterocycles. The SMILES string of the molecule is C[C@H](Sc1ncnc2sc3c(c12)CCC3)C(=O)NC(=O)NC(C)(C)C. The average molecular weight is 379 g/mol. The topological polar surface area (TPSA) is 84.0 Å². The first-order chi connectivity index (χ1) is 11.7. The van der Waals surface area contributed by atoms with E-state index in [2.05, 4.69) is 20.6 Å². The molecule has 134 valence electrons. The van der Waals surface area contributed by atoms with Gasteiger partial charge in [-0.05, 0) is 52.5 Å². The lowest BCUT2D eigenvalue weighted by molar-refractivity contribution is -0.119. The first kappa shape index (κ1) is 18.1. The third-order valence-corrected chi connectivity index (χ3v) is 6.15. The van der Waals surface area contributed by atoms with Crippen LogP contribution in [0.4, 0.5) is 4.79 Å². The lowest BCUT2D eigenvalue weighted by Crippen LogP contribution is -2.49. The third-order valence-electron chi connectivity index (χ3n) is 3.85. The standard InChI is InChI=1S/C17H22N4O2S2/c1-9(13(22)20-16(23)21-17(2,3)4)24-14-12-10-6-5-7-11(10)25-15(12)19-8-18-14/h8-9H,5-7H2,1-4H3,(H2,20,21,22,23)/t9-/m0/s1. The van der Waals surface area contributed by atoms with Gasteiger partial charge in [0.15, 0.2) is 0 Å². The maximum absolute atomic E-state index is 12.3. The number of amides is 3. The van der Waals surface area contributed by atoms with Crippen molar-refractivity contribution < 1.29 is 9.59 Å². The van der Waals surface area contributed by atoms with E-state index in [-0.39, 0.29) is 5.91 Å². The van der Waals surface area contributed by atoms with Gasteiger partial charge in [0.25, 0.3) is 0 Å². The van der Waals surface area contributed by atoms with Crippen molar-refractivity contribution in [1.29, 1.82) is 0 Å². The van der Waals surface area contributed by atoms with Gasteiger partial charge in [0.05, 0.1) is 5.25 Å². The second-order valence-corrected chi connectivity index (χ2v) is 9.58. The van der Waals surface area contributed by atoms with Crippen LogP contribution in [0.5, 0.6) is 0 Å². The summed E-state index contributed by atoms with van der Waals surface area (Å²) in [6, 6.07) is -0.478. The van der Waals surface area contributed by atoms with E-state index in [4.69, 9.17) is 0 Å². The Morgan fingerprint density at radius 2 is 2.04 bits per heavy atom. The minimum atomic E-state index is -0.478. The minimum Gasteiger partial charge on any atom is -0.333 e. The van der Waals surface area contributed by atoms with Crippen molar-refractivity contribution in [3.63, 3.8) is 0 Å². The summed E-state index contributed by atoms with van der Waals surface area (Å²) < 4.78 is 0. The maximum atomic E-state index is 12.3. The van der Waals surface area contributed by atoms with Crippen molar-refractivity contribution in [3.05, 3.63) is 16.8 Å². The van der Waals surface area contributed by atoms with Crippen molar-refractivity contribution >= 4 is 45.3 Å². The van der Waals surface area contributed by atoms with E-state index in [0.717, 1.165) is 28.1 Å². The number of aromatic nitrogens is 2. The number of rotatable bonds is 3. The molecule has 0 saturated carbocycles. The lowest BCUT2D eigenvalue weighted by atomic mass is 10.1. The van der Waals surface area contributed by atoms with E-state index in [9.17, 15) is 9.59 Å². The molecule has 1 aliphatic rings. The van der Waals surface area contributed by atoms with Gasteiger partial charge in [0.2, 0.25) is 5.91 Å². The predicted molar refractivity (Wildman–Crippen MR) is 101 cm³/mol. The summed E-state index contributed by atoms with van der Waals surface area (Å²) in [4.78, 5) is 35.3. The Labute approximate surface area is 155 Å². The number of fused-ring (bicyclic) bond motifs is 3. The highest BCUT2D eigenvalue weighted by molar-refractivity contribution is 8.00.